The maximum Gasteiger partial charge on any atom is 0.246 e. The average Bonchev–Trinajstić information content (AvgIpc) is 3.82. The van der Waals surface area contributed by atoms with Gasteiger partial charge in [-0.3, -0.25) is 28.8 Å². The Balaban J connectivity index is 1.39. The molecule has 12 nitrogen and oxygen atoms in total. The molecule has 6 atom stereocenters. The molecule has 292 valence electrons. The van der Waals surface area contributed by atoms with E-state index in [4.69, 9.17) is 0 Å². The van der Waals surface area contributed by atoms with Gasteiger partial charge in [0.1, 0.15) is 41.8 Å². The molecule has 1 aromatic carbocycles. The number of rotatable bonds is 8. The Morgan fingerprint density at radius 1 is 0.868 bits per heavy atom. The summed E-state index contributed by atoms with van der Waals surface area (Å²) in [4.78, 5) is 86.6. The molecule has 3 aliphatic heterocycles. The number of carbonyl (C=O) groups excluding carboxylic acids is 6. The van der Waals surface area contributed by atoms with Gasteiger partial charge in [-0.25, -0.2) is 8.78 Å². The first-order valence-electron chi connectivity index (χ1n) is 19.1. The summed E-state index contributed by atoms with van der Waals surface area (Å²) in [6.45, 7) is 4.00. The van der Waals surface area contributed by atoms with Crippen molar-refractivity contribution in [3.63, 3.8) is 0 Å². The second kappa shape index (κ2) is 18.5. The van der Waals surface area contributed by atoms with Crippen LogP contribution >= 0.6 is 11.8 Å². The molecule has 0 aromatic heterocycles. The maximum atomic E-state index is 14.3. The Bertz CT molecular complexity index is 1510. The Morgan fingerprint density at radius 3 is 2.26 bits per heavy atom. The highest BCUT2D eigenvalue weighted by Crippen LogP contribution is 2.28. The quantitative estimate of drug-likeness (QED) is 0.369. The zero-order chi connectivity index (χ0) is 38.2. The SMILES string of the molecule is C[C@@H]1NC(=O)[C@H](C)N(C)C(=O)[C@@H]2CCCN2C(=O)[C@@H](NC(=O)[C@H](Cc2cc(F)cc(F)c2)NC(=O)CCC2CCCCC2)CSC[C@@H]2CCCN2C1=O. The van der Waals surface area contributed by atoms with Crippen molar-refractivity contribution in [2.45, 2.75) is 127 Å². The molecule has 3 N–H and O–H groups in total. The normalized spacial score (nSPS) is 27.3. The number of carbonyl (C=O) groups is 6. The van der Waals surface area contributed by atoms with Crippen LogP contribution in [-0.4, -0.2) is 118 Å². The van der Waals surface area contributed by atoms with Gasteiger partial charge in [0.25, 0.3) is 0 Å². The summed E-state index contributed by atoms with van der Waals surface area (Å²) >= 11 is 1.39. The number of benzene rings is 1. The lowest BCUT2D eigenvalue weighted by atomic mass is 9.86. The predicted octanol–water partition coefficient (Wildman–Crippen LogP) is 2.92. The van der Waals surface area contributed by atoms with Gasteiger partial charge in [0, 0.05) is 56.6 Å². The molecule has 3 saturated heterocycles. The van der Waals surface area contributed by atoms with Crippen molar-refractivity contribution in [3.8, 4) is 0 Å². The van der Waals surface area contributed by atoms with Crippen LogP contribution in [0.15, 0.2) is 18.2 Å². The van der Waals surface area contributed by atoms with Crippen LogP contribution in [0, 0.1) is 17.6 Å². The highest BCUT2D eigenvalue weighted by molar-refractivity contribution is 7.99. The zero-order valence-electron chi connectivity index (χ0n) is 31.0. The van der Waals surface area contributed by atoms with Gasteiger partial charge in [0.15, 0.2) is 0 Å². The second-order valence-corrected chi connectivity index (χ2v) is 16.2. The van der Waals surface area contributed by atoms with Gasteiger partial charge in [-0.1, -0.05) is 32.1 Å². The summed E-state index contributed by atoms with van der Waals surface area (Å²) in [5.74, 6) is -3.29. The van der Waals surface area contributed by atoms with Gasteiger partial charge >= 0.3 is 0 Å². The minimum absolute atomic E-state index is 0.121. The summed E-state index contributed by atoms with van der Waals surface area (Å²) in [7, 11) is 1.49. The molecule has 1 saturated carbocycles. The Hall–Kier alpha value is -3.75. The number of halogens is 2. The first kappa shape index (κ1) is 40.4. The van der Waals surface area contributed by atoms with Crippen LogP contribution in [0.4, 0.5) is 8.78 Å². The fourth-order valence-electron chi connectivity index (χ4n) is 8.05. The fraction of sp³-hybridized carbons (Fsp3) is 0.684. The summed E-state index contributed by atoms with van der Waals surface area (Å²) in [5.41, 5.74) is 0.167. The van der Waals surface area contributed by atoms with Crippen molar-refractivity contribution < 1.29 is 37.5 Å². The van der Waals surface area contributed by atoms with Crippen molar-refractivity contribution in [2.75, 3.05) is 31.6 Å². The van der Waals surface area contributed by atoms with E-state index in [1.54, 1.807) is 18.7 Å². The van der Waals surface area contributed by atoms with E-state index in [0.717, 1.165) is 56.7 Å². The van der Waals surface area contributed by atoms with Crippen molar-refractivity contribution >= 4 is 47.2 Å². The number of nitrogens with one attached hydrogen (secondary N) is 3. The van der Waals surface area contributed by atoms with Crippen molar-refractivity contribution in [2.24, 2.45) is 5.92 Å². The summed E-state index contributed by atoms with van der Waals surface area (Å²) in [6.07, 6.45) is 8.62. The lowest BCUT2D eigenvalue weighted by Crippen LogP contribution is -2.59. The third kappa shape index (κ3) is 10.5. The minimum atomic E-state index is -1.24. The van der Waals surface area contributed by atoms with E-state index in [1.165, 1.54) is 35.0 Å². The van der Waals surface area contributed by atoms with E-state index >= 15 is 0 Å². The topological polar surface area (TPSA) is 148 Å². The smallest absolute Gasteiger partial charge is 0.246 e. The van der Waals surface area contributed by atoms with E-state index in [1.807, 2.05) is 0 Å². The molecule has 1 aliphatic carbocycles. The number of likely N-dealkylation sites (N-methyl/N-ethyl adjacent to an activating group) is 1. The molecule has 0 radical (unpaired) electrons. The molecule has 15 heteroatoms. The van der Waals surface area contributed by atoms with Crippen LogP contribution in [0.25, 0.3) is 0 Å². The van der Waals surface area contributed by atoms with Gasteiger partial charge < -0.3 is 30.7 Å². The van der Waals surface area contributed by atoms with Crippen LogP contribution in [0.3, 0.4) is 0 Å². The number of hydrogen-bond acceptors (Lipinski definition) is 7. The van der Waals surface area contributed by atoms with Gasteiger partial charge in [0.2, 0.25) is 35.4 Å². The molecular formula is C38H54F2N6O6S. The van der Waals surface area contributed by atoms with Crippen LogP contribution in [0.5, 0.6) is 0 Å². The van der Waals surface area contributed by atoms with E-state index in [0.29, 0.717) is 37.5 Å². The molecular weight excluding hydrogens is 707 g/mol. The Labute approximate surface area is 314 Å². The fourth-order valence-corrected chi connectivity index (χ4v) is 9.27. The lowest BCUT2D eigenvalue weighted by Gasteiger charge is -2.34. The van der Waals surface area contributed by atoms with Gasteiger partial charge in [-0.15, -0.1) is 0 Å². The first-order chi connectivity index (χ1) is 25.3. The summed E-state index contributed by atoms with van der Waals surface area (Å²) in [5, 5.41) is 8.38. The van der Waals surface area contributed by atoms with Crippen LogP contribution in [0.1, 0.15) is 90.0 Å². The van der Waals surface area contributed by atoms with Crippen molar-refractivity contribution in [1.82, 2.24) is 30.7 Å². The minimum Gasteiger partial charge on any atom is -0.344 e. The molecule has 4 aliphatic rings. The standard InChI is InChI=1S/C38H54F2N6O6S/c1-23-36(50)45-15-7-11-29(45)21-53-22-31(37(51)46-16-8-12-32(46)38(52)44(3)24(2)34(48)41-23)43-35(49)30(19-26-17-27(39)20-28(40)18-26)42-33(47)14-13-25-9-5-4-6-10-25/h17-18,20,23-25,29-32H,4-16,19,21-22H2,1-3H3,(H,41,48)(H,42,47)(H,43,49)/t23-,24-,29-,30-,31-,32-/m0/s1. The number of nitrogens with zero attached hydrogens (tertiary/aromatic N) is 3. The summed E-state index contributed by atoms with van der Waals surface area (Å²) in [6, 6.07) is -2.13. The third-order valence-corrected chi connectivity index (χ3v) is 12.4. The maximum absolute atomic E-state index is 14.3. The van der Waals surface area contributed by atoms with Crippen molar-refractivity contribution in [3.05, 3.63) is 35.4 Å². The van der Waals surface area contributed by atoms with Crippen LogP contribution < -0.4 is 16.0 Å². The molecule has 1 aromatic rings. The third-order valence-electron chi connectivity index (χ3n) is 11.2. The number of thioether (sulfide) groups is 1. The van der Waals surface area contributed by atoms with Crippen LogP contribution in [-0.2, 0) is 35.2 Å². The van der Waals surface area contributed by atoms with E-state index < -0.39 is 65.5 Å². The Kier molecular flexibility index (Phi) is 14.1. The van der Waals surface area contributed by atoms with Crippen LogP contribution in [0.2, 0.25) is 0 Å². The molecule has 3 heterocycles. The second-order valence-electron chi connectivity index (χ2n) is 15.1. The molecule has 0 bridgehead atoms. The van der Waals surface area contributed by atoms with Gasteiger partial charge in [0.05, 0.1) is 0 Å². The lowest BCUT2D eigenvalue weighted by molar-refractivity contribution is -0.148. The monoisotopic (exact) mass is 760 g/mol. The highest BCUT2D eigenvalue weighted by atomic mass is 32.2. The molecule has 5 rings (SSSR count). The number of fused-ring (bicyclic) bond motifs is 2. The largest absolute Gasteiger partial charge is 0.344 e. The van der Waals surface area contributed by atoms with Gasteiger partial charge in [-0.05, 0) is 69.6 Å². The molecule has 4 fully saturated rings. The average molecular weight is 761 g/mol. The summed E-state index contributed by atoms with van der Waals surface area (Å²) < 4.78 is 28.4. The zero-order valence-corrected chi connectivity index (χ0v) is 31.9. The predicted molar refractivity (Wildman–Crippen MR) is 196 cm³/mol. The first-order valence-corrected chi connectivity index (χ1v) is 20.3. The van der Waals surface area contributed by atoms with E-state index in [-0.39, 0.29) is 48.6 Å². The van der Waals surface area contributed by atoms with Crippen molar-refractivity contribution in [1.29, 1.82) is 0 Å². The number of amides is 6. The molecule has 6 amide bonds. The molecule has 0 unspecified atom stereocenters. The molecule has 53 heavy (non-hydrogen) atoms. The van der Waals surface area contributed by atoms with E-state index in [9.17, 15) is 37.5 Å². The highest BCUT2D eigenvalue weighted by Gasteiger charge is 2.42. The Morgan fingerprint density at radius 2 is 1.55 bits per heavy atom. The van der Waals surface area contributed by atoms with E-state index in [2.05, 4.69) is 16.0 Å². The van der Waals surface area contributed by atoms with Gasteiger partial charge in [-0.2, -0.15) is 11.8 Å². The number of hydrogen-bond donors (Lipinski definition) is 3. The molecule has 0 spiro atoms.